The van der Waals surface area contributed by atoms with Gasteiger partial charge in [-0.3, -0.25) is 0 Å². The Labute approximate surface area is 187 Å². The Morgan fingerprint density at radius 2 is 1.69 bits per heavy atom. The fraction of sp³-hybridized carbons (Fsp3) is 0.148. The van der Waals surface area contributed by atoms with E-state index in [-0.39, 0.29) is 5.82 Å². The molecule has 4 rings (SSSR count). The van der Waals surface area contributed by atoms with Crippen LogP contribution in [0.1, 0.15) is 23.7 Å². The highest BCUT2D eigenvalue weighted by Gasteiger charge is 2.17. The third-order valence-electron chi connectivity index (χ3n) is 5.36. The van der Waals surface area contributed by atoms with Gasteiger partial charge in [0.05, 0.1) is 18.5 Å². The molecule has 162 valence electrons. The number of methoxy groups -OCH3 is 1. The molecule has 5 heteroatoms. The average molecular weight is 429 g/mol. The Bertz CT molecular complexity index is 1230. The van der Waals surface area contributed by atoms with Crippen molar-refractivity contribution in [2.24, 2.45) is 5.16 Å². The van der Waals surface area contributed by atoms with Gasteiger partial charge in [-0.15, -0.1) is 0 Å². The third kappa shape index (κ3) is 4.57. The Balaban J connectivity index is 1.67. The molecule has 0 N–H and O–H groups in total. The van der Waals surface area contributed by atoms with E-state index >= 15 is 0 Å². The summed E-state index contributed by atoms with van der Waals surface area (Å²) in [4.78, 5) is 5.64. The van der Waals surface area contributed by atoms with Gasteiger partial charge in [0, 0.05) is 16.9 Å². The van der Waals surface area contributed by atoms with Gasteiger partial charge in [-0.1, -0.05) is 47.6 Å². The Hall–Kier alpha value is -3.86. The Kier molecular flexibility index (Phi) is 6.36. The Morgan fingerprint density at radius 1 is 0.938 bits per heavy atom. The maximum atomic E-state index is 13.5. The molecule has 0 radical (unpaired) electrons. The number of halogens is 1. The second kappa shape index (κ2) is 9.52. The summed E-state index contributed by atoms with van der Waals surface area (Å²) in [7, 11) is 1.64. The number of ether oxygens (including phenoxy) is 1. The van der Waals surface area contributed by atoms with Gasteiger partial charge in [-0.05, 0) is 67.4 Å². The minimum Gasteiger partial charge on any atom is -0.497 e. The molecule has 0 aliphatic heterocycles. The van der Waals surface area contributed by atoms with Gasteiger partial charge in [0.1, 0.15) is 18.2 Å². The van der Waals surface area contributed by atoms with Crippen LogP contribution in [0.4, 0.5) is 4.39 Å². The minimum absolute atomic E-state index is 0.260. The quantitative estimate of drug-likeness (QED) is 0.247. The van der Waals surface area contributed by atoms with Gasteiger partial charge in [0.15, 0.2) is 0 Å². The first-order chi connectivity index (χ1) is 15.6. The first-order valence-electron chi connectivity index (χ1n) is 10.4. The zero-order valence-corrected chi connectivity index (χ0v) is 18.4. The first-order valence-corrected chi connectivity index (χ1v) is 10.4. The molecule has 0 bridgehead atoms. The van der Waals surface area contributed by atoms with Crippen LogP contribution in [-0.2, 0) is 11.4 Å². The van der Waals surface area contributed by atoms with E-state index in [1.807, 2.05) is 56.3 Å². The molecule has 0 spiro atoms. The molecule has 0 amide bonds. The van der Waals surface area contributed by atoms with Crippen LogP contribution < -0.4 is 4.74 Å². The lowest BCUT2D eigenvalue weighted by Gasteiger charge is -2.12. The normalized spacial score (nSPS) is 11.4. The van der Waals surface area contributed by atoms with Crippen LogP contribution in [0.3, 0.4) is 0 Å². The molecular weight excluding hydrogens is 403 g/mol. The third-order valence-corrected chi connectivity index (χ3v) is 5.36. The van der Waals surface area contributed by atoms with Crippen molar-refractivity contribution >= 4 is 5.71 Å². The molecule has 1 heterocycles. The monoisotopic (exact) mass is 428 g/mol. The maximum Gasteiger partial charge on any atom is 0.142 e. The summed E-state index contributed by atoms with van der Waals surface area (Å²) in [6, 6.07) is 26.4. The van der Waals surface area contributed by atoms with E-state index < -0.39 is 0 Å². The molecule has 0 fully saturated rings. The number of aromatic nitrogens is 1. The van der Waals surface area contributed by atoms with Gasteiger partial charge in [-0.2, -0.15) is 0 Å². The van der Waals surface area contributed by atoms with Crippen LogP contribution in [0.2, 0.25) is 0 Å². The second-order valence-electron chi connectivity index (χ2n) is 7.51. The number of nitrogens with zero attached hydrogens (tertiary/aromatic N) is 2. The van der Waals surface area contributed by atoms with Crippen molar-refractivity contribution in [1.29, 1.82) is 0 Å². The number of oxime groups is 1. The van der Waals surface area contributed by atoms with Gasteiger partial charge in [0.2, 0.25) is 0 Å². The number of hydrogen-bond donors (Lipinski definition) is 0. The van der Waals surface area contributed by atoms with Gasteiger partial charge in [0.25, 0.3) is 0 Å². The van der Waals surface area contributed by atoms with E-state index in [0.29, 0.717) is 6.61 Å². The van der Waals surface area contributed by atoms with E-state index in [0.717, 1.165) is 45.2 Å². The maximum absolute atomic E-state index is 13.5. The largest absolute Gasteiger partial charge is 0.497 e. The molecule has 0 saturated heterocycles. The van der Waals surface area contributed by atoms with Crippen LogP contribution in [0.25, 0.3) is 16.9 Å². The summed E-state index contributed by atoms with van der Waals surface area (Å²) in [5.74, 6) is 0.523. The SMILES string of the molecule is COc1cccc(CO/N=C(\C)c2cc(-c3ccccc3)n(-c3ccc(F)cc3)c2C)c1. The molecule has 1 aromatic heterocycles. The molecule has 4 aromatic rings. The van der Waals surface area contributed by atoms with Crippen molar-refractivity contribution in [3.05, 3.63) is 108 Å². The van der Waals surface area contributed by atoms with E-state index in [9.17, 15) is 4.39 Å². The number of hydrogen-bond acceptors (Lipinski definition) is 3. The van der Waals surface area contributed by atoms with Crippen molar-refractivity contribution in [3.63, 3.8) is 0 Å². The second-order valence-corrected chi connectivity index (χ2v) is 7.51. The summed E-state index contributed by atoms with van der Waals surface area (Å²) in [6.45, 7) is 4.31. The summed E-state index contributed by atoms with van der Waals surface area (Å²) in [5.41, 5.74) is 6.68. The van der Waals surface area contributed by atoms with Crippen LogP contribution >= 0.6 is 0 Å². The van der Waals surface area contributed by atoms with Gasteiger partial charge < -0.3 is 14.1 Å². The number of benzene rings is 3. The summed E-state index contributed by atoms with van der Waals surface area (Å²) >= 11 is 0. The van der Waals surface area contributed by atoms with Crippen molar-refractivity contribution in [3.8, 4) is 22.7 Å². The smallest absolute Gasteiger partial charge is 0.142 e. The van der Waals surface area contributed by atoms with Crippen LogP contribution in [0, 0.1) is 12.7 Å². The average Bonchev–Trinajstić information content (AvgIpc) is 3.17. The van der Waals surface area contributed by atoms with Crippen molar-refractivity contribution in [2.45, 2.75) is 20.5 Å². The lowest BCUT2D eigenvalue weighted by molar-refractivity contribution is 0.130. The highest BCUT2D eigenvalue weighted by atomic mass is 19.1. The number of rotatable bonds is 7. The zero-order chi connectivity index (χ0) is 22.5. The molecule has 0 aliphatic carbocycles. The molecule has 3 aromatic carbocycles. The molecule has 0 aliphatic rings. The molecule has 32 heavy (non-hydrogen) atoms. The lowest BCUT2D eigenvalue weighted by atomic mass is 10.1. The van der Waals surface area contributed by atoms with Crippen LogP contribution in [-0.4, -0.2) is 17.4 Å². The standard InChI is InChI=1S/C27H25FN2O2/c1-19(29-32-18-21-8-7-11-25(16-21)31-3)26-17-27(22-9-5-4-6-10-22)30(20(26)2)24-14-12-23(28)13-15-24/h4-17H,18H2,1-3H3/b29-19+. The molecular formula is C27H25FN2O2. The highest BCUT2D eigenvalue weighted by Crippen LogP contribution is 2.30. The molecule has 4 nitrogen and oxygen atoms in total. The predicted octanol–water partition coefficient (Wildman–Crippen LogP) is 6.54. The lowest BCUT2D eigenvalue weighted by Crippen LogP contribution is -2.02. The molecule has 0 atom stereocenters. The summed E-state index contributed by atoms with van der Waals surface area (Å²) in [6.07, 6.45) is 0. The molecule has 0 saturated carbocycles. The highest BCUT2D eigenvalue weighted by molar-refractivity contribution is 6.01. The first kappa shape index (κ1) is 21.4. The van der Waals surface area contributed by atoms with Crippen molar-refractivity contribution in [2.75, 3.05) is 7.11 Å². The van der Waals surface area contributed by atoms with Crippen molar-refractivity contribution < 1.29 is 14.0 Å². The van der Waals surface area contributed by atoms with Crippen LogP contribution in [0.15, 0.2) is 90.1 Å². The topological polar surface area (TPSA) is 35.8 Å². The van der Waals surface area contributed by atoms with Crippen LogP contribution in [0.5, 0.6) is 5.75 Å². The van der Waals surface area contributed by atoms with Gasteiger partial charge in [-0.25, -0.2) is 4.39 Å². The Morgan fingerprint density at radius 3 is 2.41 bits per heavy atom. The fourth-order valence-corrected chi connectivity index (χ4v) is 3.73. The van der Waals surface area contributed by atoms with Crippen molar-refractivity contribution in [1.82, 2.24) is 4.57 Å². The van der Waals surface area contributed by atoms with E-state index in [1.165, 1.54) is 12.1 Å². The zero-order valence-electron chi connectivity index (χ0n) is 18.4. The molecule has 0 unspecified atom stereocenters. The summed E-state index contributed by atoms with van der Waals surface area (Å²) < 4.78 is 20.9. The van der Waals surface area contributed by atoms with E-state index in [4.69, 9.17) is 9.57 Å². The predicted molar refractivity (Wildman–Crippen MR) is 126 cm³/mol. The minimum atomic E-state index is -0.260. The summed E-state index contributed by atoms with van der Waals surface area (Å²) in [5, 5.41) is 4.36. The van der Waals surface area contributed by atoms with Gasteiger partial charge >= 0.3 is 0 Å². The van der Waals surface area contributed by atoms with E-state index in [1.54, 1.807) is 19.2 Å². The fourth-order valence-electron chi connectivity index (χ4n) is 3.73. The van der Waals surface area contributed by atoms with E-state index in [2.05, 4.69) is 27.9 Å².